The molecule has 0 amide bonds. The third-order valence-electron chi connectivity index (χ3n) is 3.98. The van der Waals surface area contributed by atoms with Crippen LogP contribution in [0.25, 0.3) is 0 Å². The Bertz CT molecular complexity index is 1200. The molecular weight excluding hydrogens is 415 g/mol. The van der Waals surface area contributed by atoms with E-state index in [-0.39, 0.29) is 45.8 Å². The molecule has 0 spiro atoms. The molecule has 0 aromatic heterocycles. The fourth-order valence-corrected chi connectivity index (χ4v) is 2.87. The number of hydrogen-bond acceptors (Lipinski definition) is 9. The second-order valence-corrected chi connectivity index (χ2v) is 7.45. The van der Waals surface area contributed by atoms with Gasteiger partial charge in [-0.3, -0.25) is 0 Å². The van der Waals surface area contributed by atoms with E-state index in [9.17, 15) is 13.0 Å². The number of nitrogens with zero attached hydrogens (tertiary/aromatic N) is 4. The van der Waals surface area contributed by atoms with Gasteiger partial charge in [-0.15, -0.1) is 10.2 Å². The number of anilines is 2. The van der Waals surface area contributed by atoms with Crippen LogP contribution >= 0.6 is 0 Å². The SMILES string of the molecule is Cc1cc(N=Nc2ccc(S(=O)(=O)[O-])cc2)c(N)c(N=Nc2ccccc2)c1N.[Na+]. The first-order chi connectivity index (χ1) is 13.8. The van der Waals surface area contributed by atoms with Crippen molar-refractivity contribution in [1.82, 2.24) is 0 Å². The Morgan fingerprint density at radius 2 is 1.37 bits per heavy atom. The molecule has 0 fully saturated rings. The number of nitrogen functional groups attached to an aromatic ring is 2. The normalized spacial score (nSPS) is 11.7. The van der Waals surface area contributed by atoms with Crippen molar-refractivity contribution in [1.29, 1.82) is 0 Å². The molecule has 3 aromatic rings. The monoisotopic (exact) mass is 432 g/mol. The van der Waals surface area contributed by atoms with E-state index < -0.39 is 10.1 Å². The van der Waals surface area contributed by atoms with Gasteiger partial charge in [0, 0.05) is 0 Å². The van der Waals surface area contributed by atoms with Gasteiger partial charge in [0.15, 0.2) is 0 Å². The zero-order valence-corrected chi connectivity index (χ0v) is 19.2. The summed E-state index contributed by atoms with van der Waals surface area (Å²) in [6, 6.07) is 15.8. The predicted molar refractivity (Wildman–Crippen MR) is 109 cm³/mol. The maximum absolute atomic E-state index is 11.0. The van der Waals surface area contributed by atoms with E-state index in [1.54, 1.807) is 25.1 Å². The van der Waals surface area contributed by atoms with E-state index >= 15 is 0 Å². The Balaban J connectivity index is 0.00000320. The average molecular weight is 432 g/mol. The van der Waals surface area contributed by atoms with Crippen LogP contribution < -0.4 is 41.0 Å². The van der Waals surface area contributed by atoms with Crippen molar-refractivity contribution in [3.8, 4) is 0 Å². The van der Waals surface area contributed by atoms with E-state index in [0.717, 1.165) is 12.1 Å². The molecule has 30 heavy (non-hydrogen) atoms. The van der Waals surface area contributed by atoms with E-state index in [1.165, 1.54) is 12.1 Å². The first-order valence-electron chi connectivity index (χ1n) is 8.39. The molecule has 148 valence electrons. The number of aryl methyl sites for hydroxylation is 1. The fourth-order valence-electron chi connectivity index (χ4n) is 2.40. The van der Waals surface area contributed by atoms with Crippen LogP contribution in [-0.2, 0) is 10.1 Å². The van der Waals surface area contributed by atoms with Gasteiger partial charge < -0.3 is 16.0 Å². The third kappa shape index (κ3) is 5.71. The van der Waals surface area contributed by atoms with Crippen molar-refractivity contribution < 1.29 is 42.5 Å². The van der Waals surface area contributed by atoms with Crippen LogP contribution in [0.3, 0.4) is 0 Å². The Morgan fingerprint density at radius 1 is 0.800 bits per heavy atom. The first-order valence-corrected chi connectivity index (χ1v) is 9.79. The van der Waals surface area contributed by atoms with Crippen LogP contribution in [0.4, 0.5) is 34.1 Å². The van der Waals surface area contributed by atoms with Gasteiger partial charge in [-0.05, 0) is 55.0 Å². The van der Waals surface area contributed by atoms with Crippen LogP contribution in [0.15, 0.2) is 86.0 Å². The summed E-state index contributed by atoms with van der Waals surface area (Å²) in [7, 11) is -4.52. The van der Waals surface area contributed by atoms with Crippen molar-refractivity contribution in [2.45, 2.75) is 11.8 Å². The third-order valence-corrected chi connectivity index (χ3v) is 4.83. The second-order valence-electron chi connectivity index (χ2n) is 6.07. The summed E-state index contributed by atoms with van der Waals surface area (Å²) in [5, 5.41) is 16.4. The Hall–Kier alpha value is -2.63. The zero-order chi connectivity index (χ0) is 21.0. The molecular formula is C19H17N6NaO3S. The maximum Gasteiger partial charge on any atom is 1.00 e. The van der Waals surface area contributed by atoms with Gasteiger partial charge in [-0.2, -0.15) is 10.2 Å². The van der Waals surface area contributed by atoms with Gasteiger partial charge in [0.05, 0.1) is 27.6 Å². The van der Waals surface area contributed by atoms with Crippen molar-refractivity contribution in [3.63, 3.8) is 0 Å². The van der Waals surface area contributed by atoms with E-state index in [0.29, 0.717) is 28.3 Å². The molecule has 0 radical (unpaired) electrons. The smallest absolute Gasteiger partial charge is 0.744 e. The average Bonchev–Trinajstić information content (AvgIpc) is 2.70. The summed E-state index contributed by atoms with van der Waals surface area (Å²) in [4.78, 5) is -0.345. The molecule has 0 heterocycles. The van der Waals surface area contributed by atoms with Crippen molar-refractivity contribution >= 4 is 44.2 Å². The molecule has 0 aliphatic heterocycles. The fraction of sp³-hybridized carbons (Fsp3) is 0.0526. The number of hydrogen-bond donors (Lipinski definition) is 2. The van der Waals surface area contributed by atoms with Crippen LogP contribution in [0.1, 0.15) is 5.56 Å². The minimum absolute atomic E-state index is 0. The molecule has 0 bridgehead atoms. The Morgan fingerprint density at radius 3 is 1.97 bits per heavy atom. The number of nitrogens with two attached hydrogens (primary N) is 2. The van der Waals surface area contributed by atoms with E-state index in [2.05, 4.69) is 20.5 Å². The number of azo groups is 2. The molecule has 0 unspecified atom stereocenters. The minimum atomic E-state index is -4.52. The van der Waals surface area contributed by atoms with Crippen molar-refractivity contribution in [2.75, 3.05) is 11.5 Å². The molecule has 0 atom stereocenters. The van der Waals surface area contributed by atoms with Gasteiger partial charge in [-0.25, -0.2) is 8.42 Å². The van der Waals surface area contributed by atoms with E-state index in [1.807, 2.05) is 18.2 Å². The zero-order valence-electron chi connectivity index (χ0n) is 16.4. The molecule has 4 N–H and O–H groups in total. The summed E-state index contributed by atoms with van der Waals surface area (Å²) in [6.45, 7) is 1.78. The van der Waals surface area contributed by atoms with Crippen LogP contribution in [0.5, 0.6) is 0 Å². The Labute approximate surface area is 196 Å². The summed E-state index contributed by atoms with van der Waals surface area (Å²) < 4.78 is 32.9. The standard InChI is InChI=1S/C19H18N6O3S.Na/c1-12-11-16(24-22-14-7-9-15(10-8-14)29(26,27)28)18(21)19(17(12)20)25-23-13-5-3-2-4-6-13;/h2-11H,20-21H2,1H3,(H,26,27,28);/q;+1/p-1. The summed E-state index contributed by atoms with van der Waals surface area (Å²) in [5.41, 5.74) is 15.1. The second kappa shape index (κ2) is 9.92. The molecule has 0 saturated carbocycles. The van der Waals surface area contributed by atoms with Gasteiger partial charge >= 0.3 is 29.6 Å². The molecule has 3 aromatic carbocycles. The molecule has 11 heteroatoms. The molecule has 0 aliphatic carbocycles. The predicted octanol–water partition coefficient (Wildman–Crippen LogP) is 1.90. The minimum Gasteiger partial charge on any atom is -0.744 e. The van der Waals surface area contributed by atoms with Crippen LogP contribution in [0, 0.1) is 6.92 Å². The van der Waals surface area contributed by atoms with Crippen molar-refractivity contribution in [2.24, 2.45) is 20.5 Å². The van der Waals surface area contributed by atoms with E-state index in [4.69, 9.17) is 11.5 Å². The quantitative estimate of drug-likeness (QED) is 0.272. The summed E-state index contributed by atoms with van der Waals surface area (Å²) in [5.74, 6) is 0. The van der Waals surface area contributed by atoms with Gasteiger partial charge in [0.25, 0.3) is 0 Å². The van der Waals surface area contributed by atoms with Gasteiger partial charge in [0.2, 0.25) is 0 Å². The number of benzene rings is 3. The maximum atomic E-state index is 11.0. The van der Waals surface area contributed by atoms with Crippen LogP contribution in [-0.4, -0.2) is 13.0 Å². The van der Waals surface area contributed by atoms with Gasteiger partial charge in [-0.1, -0.05) is 18.2 Å². The molecule has 3 rings (SSSR count). The summed E-state index contributed by atoms with van der Waals surface area (Å²) in [6.07, 6.45) is 0. The molecule has 9 nitrogen and oxygen atoms in total. The Kier molecular flexibility index (Phi) is 7.82. The topological polar surface area (TPSA) is 159 Å². The van der Waals surface area contributed by atoms with Crippen molar-refractivity contribution in [3.05, 3.63) is 66.2 Å². The van der Waals surface area contributed by atoms with Crippen LogP contribution in [0.2, 0.25) is 0 Å². The summed E-state index contributed by atoms with van der Waals surface area (Å²) >= 11 is 0. The molecule has 0 saturated heterocycles. The number of rotatable bonds is 5. The largest absolute Gasteiger partial charge is 1.00 e. The molecule has 0 aliphatic rings. The first kappa shape index (κ1) is 23.6. The van der Waals surface area contributed by atoms with Gasteiger partial charge in [0.1, 0.15) is 21.5 Å².